The molecule has 0 bridgehead atoms. The van der Waals surface area contributed by atoms with E-state index in [4.69, 9.17) is 5.73 Å². The summed E-state index contributed by atoms with van der Waals surface area (Å²) in [7, 11) is 0. The van der Waals surface area contributed by atoms with Gasteiger partial charge in [0, 0.05) is 20.7 Å². The molecule has 0 atom stereocenters. The Bertz CT molecular complexity index is 629. The SMILES string of the molecule is CCc1ccc(NC(=O)CSc2ccc(N)cc2Br)cc1. The highest BCUT2D eigenvalue weighted by Crippen LogP contribution is 2.29. The summed E-state index contributed by atoms with van der Waals surface area (Å²) in [4.78, 5) is 12.9. The van der Waals surface area contributed by atoms with E-state index in [-0.39, 0.29) is 5.91 Å². The Morgan fingerprint density at radius 2 is 1.95 bits per heavy atom. The first-order valence-corrected chi connectivity index (χ1v) is 8.43. The molecular weight excluding hydrogens is 348 g/mol. The number of hydrogen-bond donors (Lipinski definition) is 2. The summed E-state index contributed by atoms with van der Waals surface area (Å²) >= 11 is 4.92. The molecule has 0 aromatic heterocycles. The van der Waals surface area contributed by atoms with Gasteiger partial charge in [0.05, 0.1) is 5.75 Å². The Kier molecular flexibility index (Phi) is 5.70. The molecule has 0 saturated heterocycles. The maximum atomic E-state index is 11.9. The second kappa shape index (κ2) is 7.52. The van der Waals surface area contributed by atoms with Gasteiger partial charge in [-0.1, -0.05) is 19.1 Å². The number of nitrogen functional groups attached to an aromatic ring is 1. The molecule has 0 saturated carbocycles. The van der Waals surface area contributed by atoms with Crippen molar-refractivity contribution in [3.8, 4) is 0 Å². The fourth-order valence-electron chi connectivity index (χ4n) is 1.80. The molecule has 110 valence electrons. The molecule has 0 aliphatic rings. The molecule has 0 fully saturated rings. The van der Waals surface area contributed by atoms with Crippen molar-refractivity contribution in [2.24, 2.45) is 0 Å². The molecule has 0 aliphatic carbocycles. The summed E-state index contributed by atoms with van der Waals surface area (Å²) in [6, 6.07) is 13.5. The van der Waals surface area contributed by atoms with Crippen LogP contribution in [-0.4, -0.2) is 11.7 Å². The highest BCUT2D eigenvalue weighted by molar-refractivity contribution is 9.10. The number of anilines is 2. The average molecular weight is 365 g/mol. The molecule has 2 aromatic rings. The summed E-state index contributed by atoms with van der Waals surface area (Å²) in [6.07, 6.45) is 0.995. The molecule has 0 unspecified atom stereocenters. The predicted octanol–water partition coefficient (Wildman–Crippen LogP) is 4.32. The molecule has 0 heterocycles. The summed E-state index contributed by atoms with van der Waals surface area (Å²) in [5, 5.41) is 2.89. The lowest BCUT2D eigenvalue weighted by Gasteiger charge is -2.07. The number of amides is 1. The van der Waals surface area contributed by atoms with Crippen LogP contribution in [0.25, 0.3) is 0 Å². The molecule has 2 rings (SSSR count). The van der Waals surface area contributed by atoms with Gasteiger partial charge in [0.2, 0.25) is 5.91 Å². The Hall–Kier alpha value is -1.46. The van der Waals surface area contributed by atoms with Gasteiger partial charge in [-0.15, -0.1) is 11.8 Å². The molecule has 2 aromatic carbocycles. The van der Waals surface area contributed by atoms with Gasteiger partial charge in [0.25, 0.3) is 0 Å². The topological polar surface area (TPSA) is 55.1 Å². The van der Waals surface area contributed by atoms with E-state index in [1.54, 1.807) is 0 Å². The number of carbonyl (C=O) groups excluding carboxylic acids is 1. The van der Waals surface area contributed by atoms with Gasteiger partial charge >= 0.3 is 0 Å². The lowest BCUT2D eigenvalue weighted by atomic mass is 10.1. The van der Waals surface area contributed by atoms with Crippen LogP contribution in [0.5, 0.6) is 0 Å². The first-order valence-electron chi connectivity index (χ1n) is 6.65. The van der Waals surface area contributed by atoms with Crippen LogP contribution >= 0.6 is 27.7 Å². The van der Waals surface area contributed by atoms with E-state index < -0.39 is 0 Å². The van der Waals surface area contributed by atoms with Gasteiger partial charge in [-0.3, -0.25) is 4.79 Å². The number of rotatable bonds is 5. The predicted molar refractivity (Wildman–Crippen MR) is 93.7 cm³/mol. The first kappa shape index (κ1) is 15.9. The summed E-state index contributed by atoms with van der Waals surface area (Å²) in [5.74, 6) is 0.339. The Morgan fingerprint density at radius 1 is 1.24 bits per heavy atom. The fraction of sp³-hybridized carbons (Fsp3) is 0.188. The van der Waals surface area contributed by atoms with Gasteiger partial charge in [0.15, 0.2) is 0 Å². The van der Waals surface area contributed by atoms with Crippen LogP contribution in [0.2, 0.25) is 0 Å². The molecule has 0 aliphatic heterocycles. The zero-order chi connectivity index (χ0) is 15.2. The van der Waals surface area contributed by atoms with Crippen LogP contribution in [0.4, 0.5) is 11.4 Å². The van der Waals surface area contributed by atoms with Crippen molar-refractivity contribution in [1.29, 1.82) is 0 Å². The minimum Gasteiger partial charge on any atom is -0.399 e. The molecule has 3 nitrogen and oxygen atoms in total. The summed E-state index contributed by atoms with van der Waals surface area (Å²) in [6.45, 7) is 2.11. The minimum absolute atomic E-state index is 0.0204. The van der Waals surface area contributed by atoms with E-state index in [9.17, 15) is 4.79 Å². The fourth-order valence-corrected chi connectivity index (χ4v) is 3.26. The lowest BCUT2D eigenvalue weighted by Crippen LogP contribution is -2.13. The number of halogens is 1. The van der Waals surface area contributed by atoms with Crippen molar-refractivity contribution < 1.29 is 4.79 Å². The number of carbonyl (C=O) groups is 1. The van der Waals surface area contributed by atoms with E-state index in [0.717, 1.165) is 21.5 Å². The third-order valence-corrected chi connectivity index (χ3v) is 4.95. The third-order valence-electron chi connectivity index (χ3n) is 2.96. The van der Waals surface area contributed by atoms with Crippen LogP contribution in [0.3, 0.4) is 0 Å². The zero-order valence-corrected chi connectivity index (χ0v) is 14.1. The van der Waals surface area contributed by atoms with Crippen LogP contribution in [0.1, 0.15) is 12.5 Å². The Balaban J connectivity index is 1.89. The smallest absolute Gasteiger partial charge is 0.234 e. The van der Waals surface area contributed by atoms with Crippen molar-refractivity contribution in [3.05, 3.63) is 52.5 Å². The van der Waals surface area contributed by atoms with Gasteiger partial charge in [-0.2, -0.15) is 0 Å². The van der Waals surface area contributed by atoms with E-state index in [1.807, 2.05) is 42.5 Å². The van der Waals surface area contributed by atoms with E-state index in [0.29, 0.717) is 11.4 Å². The number of thioether (sulfide) groups is 1. The van der Waals surface area contributed by atoms with Crippen molar-refractivity contribution in [3.63, 3.8) is 0 Å². The van der Waals surface area contributed by atoms with Crippen molar-refractivity contribution in [2.75, 3.05) is 16.8 Å². The van der Waals surface area contributed by atoms with Crippen LogP contribution in [-0.2, 0) is 11.2 Å². The number of aryl methyl sites for hydroxylation is 1. The van der Waals surface area contributed by atoms with Gasteiger partial charge in [-0.25, -0.2) is 0 Å². The molecule has 0 radical (unpaired) electrons. The first-order chi connectivity index (χ1) is 10.1. The molecule has 3 N–H and O–H groups in total. The molecule has 1 amide bonds. The molecule has 5 heteroatoms. The van der Waals surface area contributed by atoms with E-state index >= 15 is 0 Å². The zero-order valence-electron chi connectivity index (χ0n) is 11.7. The molecule has 0 spiro atoms. The highest BCUT2D eigenvalue weighted by Gasteiger charge is 2.06. The standard InChI is InChI=1S/C16H17BrN2OS/c1-2-11-3-6-13(7-4-11)19-16(20)10-21-15-8-5-12(18)9-14(15)17/h3-9H,2,10,18H2,1H3,(H,19,20). The highest BCUT2D eigenvalue weighted by atomic mass is 79.9. The van der Waals surface area contributed by atoms with Crippen LogP contribution < -0.4 is 11.1 Å². The summed E-state index contributed by atoms with van der Waals surface area (Å²) < 4.78 is 0.910. The second-order valence-electron chi connectivity index (χ2n) is 4.58. The monoisotopic (exact) mass is 364 g/mol. The van der Waals surface area contributed by atoms with Gasteiger partial charge in [-0.05, 0) is 58.2 Å². The van der Waals surface area contributed by atoms with E-state index in [2.05, 4.69) is 28.2 Å². The van der Waals surface area contributed by atoms with Gasteiger partial charge < -0.3 is 11.1 Å². The molecule has 21 heavy (non-hydrogen) atoms. The normalized spacial score (nSPS) is 10.4. The quantitative estimate of drug-likeness (QED) is 0.613. The molecular formula is C16H17BrN2OS. The number of hydrogen-bond acceptors (Lipinski definition) is 3. The largest absolute Gasteiger partial charge is 0.399 e. The van der Waals surface area contributed by atoms with Crippen molar-refractivity contribution >= 4 is 45.0 Å². The number of nitrogens with two attached hydrogens (primary N) is 1. The van der Waals surface area contributed by atoms with E-state index in [1.165, 1.54) is 17.3 Å². The second-order valence-corrected chi connectivity index (χ2v) is 6.45. The van der Waals surface area contributed by atoms with Crippen molar-refractivity contribution in [2.45, 2.75) is 18.2 Å². The number of benzene rings is 2. The van der Waals surface area contributed by atoms with Crippen LogP contribution in [0, 0.1) is 0 Å². The van der Waals surface area contributed by atoms with Crippen LogP contribution in [0.15, 0.2) is 51.8 Å². The minimum atomic E-state index is -0.0204. The average Bonchev–Trinajstić information content (AvgIpc) is 2.47. The maximum Gasteiger partial charge on any atom is 0.234 e. The third kappa shape index (κ3) is 4.79. The maximum absolute atomic E-state index is 11.9. The Morgan fingerprint density at radius 3 is 2.57 bits per heavy atom. The van der Waals surface area contributed by atoms with Gasteiger partial charge in [0.1, 0.15) is 0 Å². The number of nitrogens with one attached hydrogen (secondary N) is 1. The summed E-state index contributed by atoms with van der Waals surface area (Å²) in [5.41, 5.74) is 8.48. The van der Waals surface area contributed by atoms with Crippen molar-refractivity contribution in [1.82, 2.24) is 0 Å². The lowest BCUT2D eigenvalue weighted by molar-refractivity contribution is -0.113. The Labute approximate surface area is 137 Å².